The molecule has 1 saturated carbocycles. The highest BCUT2D eigenvalue weighted by Gasteiger charge is 2.42. The van der Waals surface area contributed by atoms with E-state index in [0.29, 0.717) is 12.8 Å². The van der Waals surface area contributed by atoms with Gasteiger partial charge in [-0.1, -0.05) is 0 Å². The first kappa shape index (κ1) is 14.5. The molecule has 1 aliphatic carbocycles. The molecular weight excluding hydrogens is 240 g/mol. The molecule has 0 aromatic carbocycles. The Balaban J connectivity index is 2.82. The van der Waals surface area contributed by atoms with Gasteiger partial charge in [0.2, 0.25) is 0 Å². The average Bonchev–Trinajstić information content (AvgIpc) is 2.43. The first-order valence-electron chi connectivity index (χ1n) is 5.78. The van der Waals surface area contributed by atoms with Crippen LogP contribution in [0.2, 0.25) is 0 Å². The Bertz CT molecular complexity index is 337. The summed E-state index contributed by atoms with van der Waals surface area (Å²) >= 11 is 0. The van der Waals surface area contributed by atoms with Gasteiger partial charge >= 0.3 is 17.9 Å². The number of ether oxygens (including phenoxy) is 3. The van der Waals surface area contributed by atoms with Crippen LogP contribution in [-0.4, -0.2) is 39.2 Å². The van der Waals surface area contributed by atoms with E-state index in [9.17, 15) is 14.4 Å². The topological polar surface area (TPSA) is 78.9 Å². The van der Waals surface area contributed by atoms with E-state index in [1.807, 2.05) is 0 Å². The van der Waals surface area contributed by atoms with E-state index in [0.717, 1.165) is 0 Å². The first-order chi connectivity index (χ1) is 8.54. The van der Waals surface area contributed by atoms with Crippen molar-refractivity contribution in [2.45, 2.75) is 19.3 Å². The van der Waals surface area contributed by atoms with Gasteiger partial charge in [-0.3, -0.25) is 14.4 Å². The van der Waals surface area contributed by atoms with Crippen LogP contribution >= 0.6 is 0 Å². The van der Waals surface area contributed by atoms with Crippen LogP contribution < -0.4 is 0 Å². The van der Waals surface area contributed by atoms with E-state index in [2.05, 4.69) is 14.2 Å². The molecule has 0 spiro atoms. The van der Waals surface area contributed by atoms with Gasteiger partial charge in [0.05, 0.1) is 39.1 Å². The van der Waals surface area contributed by atoms with Crippen LogP contribution in [-0.2, 0) is 28.6 Å². The number of carbonyl (C=O) groups is 3. The van der Waals surface area contributed by atoms with Gasteiger partial charge in [0.1, 0.15) is 0 Å². The molecule has 0 aromatic rings. The third-order valence-corrected chi connectivity index (χ3v) is 3.39. The maximum absolute atomic E-state index is 11.7. The molecule has 3 atom stereocenters. The van der Waals surface area contributed by atoms with E-state index in [1.165, 1.54) is 21.3 Å². The van der Waals surface area contributed by atoms with Gasteiger partial charge < -0.3 is 14.2 Å². The highest BCUT2D eigenvalue weighted by atomic mass is 16.5. The van der Waals surface area contributed by atoms with Crippen molar-refractivity contribution in [1.29, 1.82) is 0 Å². The third-order valence-electron chi connectivity index (χ3n) is 3.39. The summed E-state index contributed by atoms with van der Waals surface area (Å²) < 4.78 is 14.0. The van der Waals surface area contributed by atoms with Crippen molar-refractivity contribution >= 4 is 17.9 Å². The van der Waals surface area contributed by atoms with E-state index in [1.54, 1.807) is 0 Å². The summed E-state index contributed by atoms with van der Waals surface area (Å²) in [5.74, 6) is -2.82. The van der Waals surface area contributed by atoms with E-state index in [-0.39, 0.29) is 18.3 Å². The molecule has 18 heavy (non-hydrogen) atoms. The minimum atomic E-state index is -0.639. The van der Waals surface area contributed by atoms with Crippen LogP contribution in [0.3, 0.4) is 0 Å². The minimum Gasteiger partial charge on any atom is -0.469 e. The molecule has 102 valence electrons. The average molecular weight is 258 g/mol. The van der Waals surface area contributed by atoms with Crippen molar-refractivity contribution < 1.29 is 28.6 Å². The zero-order chi connectivity index (χ0) is 13.7. The minimum absolute atomic E-state index is 0.263. The summed E-state index contributed by atoms with van der Waals surface area (Å²) in [4.78, 5) is 34.7. The van der Waals surface area contributed by atoms with Gasteiger partial charge in [-0.2, -0.15) is 0 Å². The summed E-state index contributed by atoms with van der Waals surface area (Å²) in [5, 5.41) is 0. The highest BCUT2D eigenvalue weighted by molar-refractivity contribution is 5.83. The molecule has 0 radical (unpaired) electrons. The standard InChI is InChI=1S/C12H18O6/c1-16-10(13)7-4-5-8(11(14)17-2)9(6-7)12(15)18-3/h7-9H,4-6H2,1-3H3/t7-,8+,9-/m1/s1. The van der Waals surface area contributed by atoms with Crippen LogP contribution in [0.4, 0.5) is 0 Å². The Morgan fingerprint density at radius 2 is 1.28 bits per heavy atom. The molecular formula is C12H18O6. The van der Waals surface area contributed by atoms with Crippen molar-refractivity contribution in [3.05, 3.63) is 0 Å². The lowest BCUT2D eigenvalue weighted by molar-refractivity contribution is -0.163. The summed E-state index contributed by atoms with van der Waals surface area (Å²) in [7, 11) is 3.85. The molecule has 1 aliphatic rings. The van der Waals surface area contributed by atoms with E-state index < -0.39 is 23.8 Å². The van der Waals surface area contributed by atoms with Gasteiger partial charge in [-0.15, -0.1) is 0 Å². The molecule has 0 N–H and O–H groups in total. The van der Waals surface area contributed by atoms with E-state index in [4.69, 9.17) is 0 Å². The number of carbonyl (C=O) groups excluding carboxylic acids is 3. The van der Waals surface area contributed by atoms with Gasteiger partial charge in [0.25, 0.3) is 0 Å². The van der Waals surface area contributed by atoms with Crippen molar-refractivity contribution in [2.24, 2.45) is 17.8 Å². The zero-order valence-corrected chi connectivity index (χ0v) is 10.8. The van der Waals surface area contributed by atoms with Crippen molar-refractivity contribution in [3.8, 4) is 0 Å². The Kier molecular flexibility index (Phi) is 5.12. The molecule has 0 aliphatic heterocycles. The zero-order valence-electron chi connectivity index (χ0n) is 10.8. The van der Waals surface area contributed by atoms with Crippen LogP contribution in [0, 0.1) is 17.8 Å². The van der Waals surface area contributed by atoms with E-state index >= 15 is 0 Å². The Morgan fingerprint density at radius 1 is 0.778 bits per heavy atom. The fraction of sp³-hybridized carbons (Fsp3) is 0.750. The molecule has 6 heteroatoms. The second-order valence-electron chi connectivity index (χ2n) is 4.29. The third kappa shape index (κ3) is 3.00. The molecule has 0 bridgehead atoms. The molecule has 0 saturated heterocycles. The SMILES string of the molecule is COC(=O)[C@@H]1CC[C@H](C(=O)OC)[C@H](C(=O)OC)C1. The smallest absolute Gasteiger partial charge is 0.309 e. The van der Waals surface area contributed by atoms with Crippen LogP contribution in [0.25, 0.3) is 0 Å². The monoisotopic (exact) mass is 258 g/mol. The Labute approximate surface area is 106 Å². The number of hydrogen-bond acceptors (Lipinski definition) is 6. The van der Waals surface area contributed by atoms with Crippen LogP contribution in [0.1, 0.15) is 19.3 Å². The fourth-order valence-corrected chi connectivity index (χ4v) is 2.40. The lowest BCUT2D eigenvalue weighted by atomic mass is 9.74. The quantitative estimate of drug-likeness (QED) is 0.543. The molecule has 1 fully saturated rings. The summed E-state index contributed by atoms with van der Waals surface area (Å²) in [6, 6.07) is 0. The number of esters is 3. The number of rotatable bonds is 3. The summed E-state index contributed by atoms with van der Waals surface area (Å²) in [6.45, 7) is 0. The molecule has 0 amide bonds. The lowest BCUT2D eigenvalue weighted by Crippen LogP contribution is -2.39. The summed E-state index contributed by atoms with van der Waals surface area (Å²) in [5.41, 5.74) is 0. The second kappa shape index (κ2) is 6.37. The molecule has 0 aromatic heterocycles. The van der Waals surface area contributed by atoms with Gasteiger partial charge in [-0.25, -0.2) is 0 Å². The predicted octanol–water partition coefficient (Wildman–Crippen LogP) is 0.538. The lowest BCUT2D eigenvalue weighted by Gasteiger charge is -2.31. The van der Waals surface area contributed by atoms with Crippen LogP contribution in [0.15, 0.2) is 0 Å². The van der Waals surface area contributed by atoms with Crippen molar-refractivity contribution in [1.82, 2.24) is 0 Å². The van der Waals surface area contributed by atoms with Crippen molar-refractivity contribution in [3.63, 3.8) is 0 Å². The maximum Gasteiger partial charge on any atom is 0.309 e. The molecule has 6 nitrogen and oxygen atoms in total. The Hall–Kier alpha value is -1.59. The highest BCUT2D eigenvalue weighted by Crippen LogP contribution is 2.36. The van der Waals surface area contributed by atoms with Crippen LogP contribution in [0.5, 0.6) is 0 Å². The molecule has 0 unspecified atom stereocenters. The van der Waals surface area contributed by atoms with Gasteiger partial charge in [-0.05, 0) is 19.3 Å². The first-order valence-corrected chi connectivity index (χ1v) is 5.78. The van der Waals surface area contributed by atoms with Crippen molar-refractivity contribution in [2.75, 3.05) is 21.3 Å². The number of methoxy groups -OCH3 is 3. The summed E-state index contributed by atoms with van der Waals surface area (Å²) in [6.07, 6.45) is 1.20. The molecule has 1 rings (SSSR count). The second-order valence-corrected chi connectivity index (χ2v) is 4.29. The molecule has 0 heterocycles. The number of hydrogen-bond donors (Lipinski definition) is 0. The normalized spacial score (nSPS) is 27.2. The Morgan fingerprint density at radius 3 is 1.78 bits per heavy atom. The van der Waals surface area contributed by atoms with Gasteiger partial charge in [0.15, 0.2) is 0 Å². The fourth-order valence-electron chi connectivity index (χ4n) is 2.40. The largest absolute Gasteiger partial charge is 0.469 e. The van der Waals surface area contributed by atoms with Gasteiger partial charge in [0, 0.05) is 0 Å². The predicted molar refractivity (Wildman–Crippen MR) is 60.4 cm³/mol. The maximum atomic E-state index is 11.7.